The maximum absolute atomic E-state index is 13.5. The van der Waals surface area contributed by atoms with Gasteiger partial charge in [-0.3, -0.25) is 38.9 Å². The largest absolute Gasteiger partial charge is 0.502 e. The summed E-state index contributed by atoms with van der Waals surface area (Å²) < 4.78 is 0. The van der Waals surface area contributed by atoms with Crippen LogP contribution >= 0.6 is 0 Å². The molecule has 0 radical (unpaired) electrons. The molecule has 0 aliphatic rings. The van der Waals surface area contributed by atoms with E-state index in [-0.39, 0.29) is 42.0 Å². The molecule has 0 aliphatic heterocycles. The molecule has 17 nitrogen and oxygen atoms in total. The first-order valence-corrected chi connectivity index (χ1v) is 16.2. The van der Waals surface area contributed by atoms with E-state index in [4.69, 9.17) is 11.5 Å². The Morgan fingerprint density at radius 2 is 1.35 bits per heavy atom. The van der Waals surface area contributed by atoms with Crippen LogP contribution in [0.4, 0.5) is 11.4 Å². The number of aromatic hydroxyl groups is 1. The van der Waals surface area contributed by atoms with Gasteiger partial charge < -0.3 is 43.2 Å². The van der Waals surface area contributed by atoms with Crippen molar-refractivity contribution in [2.75, 3.05) is 18.8 Å². The molecule has 0 heterocycles. The molecule has 0 aliphatic carbocycles. The molecule has 0 saturated heterocycles. The average Bonchev–Trinajstić information content (AvgIpc) is 3.09. The summed E-state index contributed by atoms with van der Waals surface area (Å²) in [5, 5.41) is 33.5. The molecule has 3 rings (SSSR count). The van der Waals surface area contributed by atoms with Gasteiger partial charge in [0.25, 0.3) is 5.91 Å². The number of amides is 6. The number of carbonyl (C=O) groups excluding carboxylic acids is 6. The Morgan fingerprint density at radius 3 is 1.96 bits per heavy atom. The standard InChI is InChI=1S/C35H42N8O9/c1-20(2)14-26(40-30(45)18-38-33(48)23-10-6-7-11-24(23)36)34(49)39-19-31(46)41-27(15-21-8-4-3-5-9-21)35(50)42-25(32(37)47)16-22-12-13-29(44)28(17-22)43(51)52/h3-13,17,20,25-27,44H,14-16,18-19,36H2,1-2H3,(H2,37,47)(H,38,48)(H,39,49)(H,40,45)(H,41,46)(H,42,50)/t25-,26-,27-/m0/s1. The molecule has 276 valence electrons. The van der Waals surface area contributed by atoms with Gasteiger partial charge in [0.05, 0.1) is 23.6 Å². The normalized spacial score (nSPS) is 12.4. The van der Waals surface area contributed by atoms with Gasteiger partial charge in [0.1, 0.15) is 18.1 Å². The Bertz CT molecular complexity index is 1780. The SMILES string of the molecule is CC(C)C[C@H](NC(=O)CNC(=O)c1ccccc1N)C(=O)NCC(=O)N[C@@H](Cc1ccccc1)C(=O)N[C@@H](Cc1ccc(O)c([N+](=O)[O-])c1)C(N)=O. The average molecular weight is 719 g/mol. The first-order chi connectivity index (χ1) is 24.6. The number of nitrogens with two attached hydrogens (primary N) is 2. The zero-order valence-electron chi connectivity index (χ0n) is 28.6. The summed E-state index contributed by atoms with van der Waals surface area (Å²) in [6.45, 7) is 2.63. The van der Waals surface area contributed by atoms with Gasteiger partial charge in [-0.25, -0.2) is 0 Å². The lowest BCUT2D eigenvalue weighted by Gasteiger charge is -2.23. The number of rotatable bonds is 18. The van der Waals surface area contributed by atoms with Gasteiger partial charge >= 0.3 is 5.69 Å². The van der Waals surface area contributed by atoms with Crippen LogP contribution in [0.15, 0.2) is 72.8 Å². The van der Waals surface area contributed by atoms with Crippen LogP contribution in [-0.2, 0) is 36.8 Å². The molecule has 3 aromatic rings. The monoisotopic (exact) mass is 718 g/mol. The van der Waals surface area contributed by atoms with Crippen LogP contribution in [0.3, 0.4) is 0 Å². The molecule has 3 atom stereocenters. The fraction of sp³-hybridized carbons (Fsp3) is 0.314. The van der Waals surface area contributed by atoms with Crippen LogP contribution in [0, 0.1) is 16.0 Å². The number of carbonyl (C=O) groups is 6. The van der Waals surface area contributed by atoms with Crippen molar-refractivity contribution in [1.82, 2.24) is 26.6 Å². The second-order valence-electron chi connectivity index (χ2n) is 12.3. The number of hydrogen-bond donors (Lipinski definition) is 8. The Labute approximate surface area is 299 Å². The number of hydrogen-bond acceptors (Lipinski definition) is 10. The predicted octanol–water partition coefficient (Wildman–Crippen LogP) is 0.200. The number of nitrogens with zero attached hydrogens (tertiary/aromatic N) is 1. The summed E-state index contributed by atoms with van der Waals surface area (Å²) in [4.78, 5) is 87.5. The van der Waals surface area contributed by atoms with Gasteiger partial charge in [-0.15, -0.1) is 0 Å². The van der Waals surface area contributed by atoms with E-state index in [2.05, 4.69) is 26.6 Å². The number of primary amides is 1. The fourth-order valence-corrected chi connectivity index (χ4v) is 5.08. The van der Waals surface area contributed by atoms with Crippen molar-refractivity contribution in [2.45, 2.75) is 51.2 Å². The van der Waals surface area contributed by atoms with Crippen molar-refractivity contribution in [3.05, 3.63) is 99.6 Å². The Kier molecular flexibility index (Phi) is 14.6. The summed E-state index contributed by atoms with van der Waals surface area (Å²) in [7, 11) is 0. The number of phenolic OH excluding ortho intramolecular Hbond substituents is 1. The van der Waals surface area contributed by atoms with Crippen LogP contribution < -0.4 is 38.1 Å². The van der Waals surface area contributed by atoms with Gasteiger partial charge in [-0.1, -0.05) is 62.4 Å². The minimum atomic E-state index is -1.35. The number of phenols is 1. The van der Waals surface area contributed by atoms with E-state index in [1.54, 1.807) is 48.5 Å². The highest BCUT2D eigenvalue weighted by molar-refractivity contribution is 6.01. The second-order valence-corrected chi connectivity index (χ2v) is 12.3. The van der Waals surface area contributed by atoms with Gasteiger partial charge in [0, 0.05) is 24.6 Å². The predicted molar refractivity (Wildman–Crippen MR) is 189 cm³/mol. The first kappa shape index (κ1) is 39.9. The minimum absolute atomic E-state index is 0.0189. The highest BCUT2D eigenvalue weighted by atomic mass is 16.6. The third-order valence-electron chi connectivity index (χ3n) is 7.67. The topological polar surface area (TPSA) is 278 Å². The van der Waals surface area contributed by atoms with Gasteiger partial charge in [-0.2, -0.15) is 0 Å². The van der Waals surface area contributed by atoms with Crippen molar-refractivity contribution in [3.8, 4) is 5.75 Å². The summed E-state index contributed by atoms with van der Waals surface area (Å²) >= 11 is 0. The molecule has 0 saturated carbocycles. The first-order valence-electron chi connectivity index (χ1n) is 16.2. The number of anilines is 1. The van der Waals surface area contributed by atoms with Crippen molar-refractivity contribution < 1.29 is 38.8 Å². The molecular weight excluding hydrogens is 676 g/mol. The fourth-order valence-electron chi connectivity index (χ4n) is 5.08. The molecule has 0 bridgehead atoms. The smallest absolute Gasteiger partial charge is 0.310 e. The Balaban J connectivity index is 1.65. The minimum Gasteiger partial charge on any atom is -0.502 e. The zero-order valence-corrected chi connectivity index (χ0v) is 28.6. The van der Waals surface area contributed by atoms with Crippen molar-refractivity contribution in [1.29, 1.82) is 0 Å². The van der Waals surface area contributed by atoms with Gasteiger partial charge in [-0.05, 0) is 41.7 Å². The molecule has 17 heteroatoms. The quantitative estimate of drug-likeness (QED) is 0.0502. The van der Waals surface area contributed by atoms with Crippen LogP contribution in [0.1, 0.15) is 41.8 Å². The number of nitro benzene ring substituents is 1. The Hall–Kier alpha value is -6.52. The number of nitrogen functional groups attached to an aromatic ring is 1. The van der Waals surface area contributed by atoms with Crippen molar-refractivity contribution in [2.24, 2.45) is 11.7 Å². The molecule has 0 aromatic heterocycles. The lowest BCUT2D eigenvalue weighted by molar-refractivity contribution is -0.385. The van der Waals surface area contributed by atoms with Crippen LogP contribution in [0.2, 0.25) is 0 Å². The summed E-state index contributed by atoms with van der Waals surface area (Å²) in [5.74, 6) is -5.06. The van der Waals surface area contributed by atoms with E-state index < -0.39 is 83.0 Å². The molecular formula is C35H42N8O9. The van der Waals surface area contributed by atoms with E-state index in [0.29, 0.717) is 5.56 Å². The lowest BCUT2D eigenvalue weighted by Crippen LogP contribution is -2.56. The molecule has 52 heavy (non-hydrogen) atoms. The lowest BCUT2D eigenvalue weighted by atomic mass is 10.0. The Morgan fingerprint density at radius 1 is 0.750 bits per heavy atom. The summed E-state index contributed by atoms with van der Waals surface area (Å²) in [5.41, 5.74) is 12.0. The van der Waals surface area contributed by atoms with E-state index in [1.165, 1.54) is 12.1 Å². The van der Waals surface area contributed by atoms with Crippen LogP contribution in [0.5, 0.6) is 5.75 Å². The van der Waals surface area contributed by atoms with Crippen molar-refractivity contribution >= 4 is 46.8 Å². The van der Waals surface area contributed by atoms with Crippen LogP contribution in [-0.4, -0.2) is 76.7 Å². The summed E-state index contributed by atoms with van der Waals surface area (Å²) in [6.07, 6.45) is -0.0668. The van der Waals surface area contributed by atoms with Crippen molar-refractivity contribution in [3.63, 3.8) is 0 Å². The highest BCUT2D eigenvalue weighted by Gasteiger charge is 2.28. The number of nitrogens with one attached hydrogen (secondary N) is 5. The highest BCUT2D eigenvalue weighted by Crippen LogP contribution is 2.26. The molecule has 3 aromatic carbocycles. The number of para-hydroxylation sites is 1. The summed E-state index contributed by atoms with van der Waals surface area (Å²) in [6, 6.07) is 14.8. The zero-order chi connectivity index (χ0) is 38.4. The van der Waals surface area contributed by atoms with E-state index >= 15 is 0 Å². The van der Waals surface area contributed by atoms with Gasteiger partial charge in [0.15, 0.2) is 5.75 Å². The molecule has 6 amide bonds. The third-order valence-corrected chi connectivity index (χ3v) is 7.67. The van der Waals surface area contributed by atoms with E-state index in [0.717, 1.165) is 12.1 Å². The van der Waals surface area contributed by atoms with Gasteiger partial charge in [0.2, 0.25) is 29.5 Å². The van der Waals surface area contributed by atoms with E-state index in [9.17, 15) is 44.0 Å². The second kappa shape index (κ2) is 19.0. The number of nitro groups is 1. The molecule has 10 N–H and O–H groups in total. The maximum Gasteiger partial charge on any atom is 0.310 e. The number of benzene rings is 3. The third kappa shape index (κ3) is 12.4. The molecule has 0 fully saturated rings. The van der Waals surface area contributed by atoms with E-state index in [1.807, 2.05) is 13.8 Å². The van der Waals surface area contributed by atoms with Crippen LogP contribution in [0.25, 0.3) is 0 Å². The molecule has 0 spiro atoms. The maximum atomic E-state index is 13.5. The molecule has 0 unspecified atom stereocenters.